The molecule has 1 aromatic carbocycles. The molecule has 0 radical (unpaired) electrons. The van der Waals surface area contributed by atoms with E-state index >= 15 is 0 Å². The van der Waals surface area contributed by atoms with Gasteiger partial charge in [-0.2, -0.15) is 5.10 Å². The number of rotatable bonds is 7. The maximum Gasteiger partial charge on any atom is 0.253 e. The zero-order valence-corrected chi connectivity index (χ0v) is 18.0. The molecule has 3 heterocycles. The molecule has 0 atom stereocenters. The van der Waals surface area contributed by atoms with Gasteiger partial charge in [0.2, 0.25) is 0 Å². The lowest BCUT2D eigenvalue weighted by atomic mass is 9.98. The maximum atomic E-state index is 12.7. The first-order valence-corrected chi connectivity index (χ1v) is 10.9. The van der Waals surface area contributed by atoms with Crippen LogP contribution in [0.15, 0.2) is 42.5 Å². The lowest BCUT2D eigenvalue weighted by Crippen LogP contribution is -2.53. The summed E-state index contributed by atoms with van der Waals surface area (Å²) in [6, 6.07) is 13.5. The first-order valence-electron chi connectivity index (χ1n) is 10.9. The Bertz CT molecular complexity index is 1120. The lowest BCUT2D eigenvalue weighted by molar-refractivity contribution is -0.119. The van der Waals surface area contributed by atoms with Crippen molar-refractivity contribution in [3.63, 3.8) is 0 Å². The molecule has 1 aliphatic carbocycles. The van der Waals surface area contributed by atoms with Gasteiger partial charge in [-0.1, -0.05) is 18.2 Å². The Kier molecular flexibility index (Phi) is 5.06. The molecule has 1 aliphatic heterocycles. The first kappa shape index (κ1) is 19.9. The van der Waals surface area contributed by atoms with Crippen molar-refractivity contribution in [2.24, 2.45) is 11.8 Å². The van der Waals surface area contributed by atoms with Crippen molar-refractivity contribution in [3.8, 4) is 11.3 Å². The van der Waals surface area contributed by atoms with Crippen LogP contribution >= 0.6 is 0 Å². The quantitative estimate of drug-likeness (QED) is 0.591. The Morgan fingerprint density at radius 3 is 2.48 bits per heavy atom. The van der Waals surface area contributed by atoms with Crippen LogP contribution in [0.5, 0.6) is 0 Å². The second-order valence-corrected chi connectivity index (χ2v) is 9.04. The van der Waals surface area contributed by atoms with Gasteiger partial charge in [0.05, 0.1) is 12.1 Å². The fourth-order valence-corrected chi connectivity index (χ4v) is 4.28. The minimum absolute atomic E-state index is 0.0846. The van der Waals surface area contributed by atoms with E-state index in [1.807, 2.05) is 47.4 Å². The Labute approximate surface area is 181 Å². The molecular formula is C24H27N5O2. The molecule has 5 rings (SSSR count). The first-order chi connectivity index (χ1) is 15.0. The standard InChI is InChI=1S/C24H27N5O2/c1-27(2)13-16-14-28(15-16)24(31)19-10-6-17(7-11-19)20-4-3-5-23-25-22(26-29(20)23)12-21(30)18-8-9-18/h3-7,10-11,16,18H,8-9,12-15H2,1-2H3. The van der Waals surface area contributed by atoms with Crippen LogP contribution in [0.2, 0.25) is 0 Å². The molecule has 0 spiro atoms. The molecule has 7 nitrogen and oxygen atoms in total. The summed E-state index contributed by atoms with van der Waals surface area (Å²) in [6.45, 7) is 2.65. The molecule has 0 N–H and O–H groups in total. The molecular weight excluding hydrogens is 390 g/mol. The van der Waals surface area contributed by atoms with E-state index in [2.05, 4.69) is 29.1 Å². The van der Waals surface area contributed by atoms with E-state index in [1.54, 1.807) is 4.52 Å². The molecule has 1 saturated carbocycles. The van der Waals surface area contributed by atoms with E-state index in [0.717, 1.165) is 49.4 Å². The number of carbonyl (C=O) groups excluding carboxylic acids is 2. The van der Waals surface area contributed by atoms with Crippen molar-refractivity contribution >= 4 is 17.3 Å². The molecule has 0 unspecified atom stereocenters. The summed E-state index contributed by atoms with van der Waals surface area (Å²) in [5.74, 6) is 1.66. The Hall–Kier alpha value is -3.06. The number of likely N-dealkylation sites (tertiary alicyclic amines) is 1. The van der Waals surface area contributed by atoms with E-state index in [9.17, 15) is 9.59 Å². The third kappa shape index (κ3) is 4.10. The van der Waals surface area contributed by atoms with E-state index in [0.29, 0.717) is 23.7 Å². The lowest BCUT2D eigenvalue weighted by Gasteiger charge is -2.40. The van der Waals surface area contributed by atoms with E-state index < -0.39 is 0 Å². The number of fused-ring (bicyclic) bond motifs is 1. The largest absolute Gasteiger partial charge is 0.338 e. The second kappa shape index (κ2) is 7.89. The molecule has 160 valence electrons. The molecule has 1 saturated heterocycles. The van der Waals surface area contributed by atoms with Crippen molar-refractivity contribution in [3.05, 3.63) is 53.9 Å². The number of Topliss-reactive ketones (excluding diaryl/α,β-unsaturated/α-hetero) is 1. The van der Waals surface area contributed by atoms with Crippen LogP contribution in [0.3, 0.4) is 0 Å². The van der Waals surface area contributed by atoms with Gasteiger partial charge in [0.15, 0.2) is 11.5 Å². The molecule has 3 aromatic rings. The van der Waals surface area contributed by atoms with Crippen molar-refractivity contribution in [1.29, 1.82) is 0 Å². The van der Waals surface area contributed by atoms with Crippen molar-refractivity contribution in [2.45, 2.75) is 19.3 Å². The van der Waals surface area contributed by atoms with Crippen molar-refractivity contribution in [1.82, 2.24) is 24.4 Å². The third-order valence-electron chi connectivity index (χ3n) is 6.06. The molecule has 31 heavy (non-hydrogen) atoms. The highest BCUT2D eigenvalue weighted by Gasteiger charge is 2.31. The summed E-state index contributed by atoms with van der Waals surface area (Å²) in [5, 5.41) is 4.58. The monoisotopic (exact) mass is 417 g/mol. The van der Waals surface area contributed by atoms with Crippen molar-refractivity contribution in [2.75, 3.05) is 33.7 Å². The van der Waals surface area contributed by atoms with E-state index in [-0.39, 0.29) is 17.6 Å². The number of amides is 1. The average molecular weight is 418 g/mol. The number of nitrogens with zero attached hydrogens (tertiary/aromatic N) is 5. The average Bonchev–Trinajstić information content (AvgIpc) is 3.50. The molecule has 1 amide bonds. The van der Waals surface area contributed by atoms with Gasteiger partial charge in [0.25, 0.3) is 5.91 Å². The second-order valence-electron chi connectivity index (χ2n) is 9.04. The molecule has 2 aliphatic rings. The summed E-state index contributed by atoms with van der Waals surface area (Å²) in [5.41, 5.74) is 3.28. The van der Waals surface area contributed by atoms with Crippen LogP contribution < -0.4 is 0 Å². The zero-order chi connectivity index (χ0) is 21.5. The van der Waals surface area contributed by atoms with Gasteiger partial charge in [-0.3, -0.25) is 9.59 Å². The highest BCUT2D eigenvalue weighted by atomic mass is 16.2. The summed E-state index contributed by atoms with van der Waals surface area (Å²) >= 11 is 0. The Morgan fingerprint density at radius 2 is 1.81 bits per heavy atom. The van der Waals surface area contributed by atoms with Crippen LogP contribution in [-0.4, -0.2) is 69.8 Å². The number of aromatic nitrogens is 3. The van der Waals surface area contributed by atoms with Crippen LogP contribution in [-0.2, 0) is 11.2 Å². The summed E-state index contributed by atoms with van der Waals surface area (Å²) in [4.78, 5) is 33.5. The Balaban J connectivity index is 1.32. The normalized spacial score (nSPS) is 16.7. The van der Waals surface area contributed by atoms with Gasteiger partial charge < -0.3 is 9.80 Å². The highest BCUT2D eigenvalue weighted by molar-refractivity contribution is 5.95. The predicted molar refractivity (Wildman–Crippen MR) is 118 cm³/mol. The topological polar surface area (TPSA) is 70.8 Å². The fraction of sp³-hybridized carbons (Fsp3) is 0.417. The van der Waals surface area contributed by atoms with Crippen LogP contribution in [0.4, 0.5) is 0 Å². The van der Waals surface area contributed by atoms with Crippen LogP contribution in [0.25, 0.3) is 16.9 Å². The summed E-state index contributed by atoms with van der Waals surface area (Å²) in [7, 11) is 4.12. The number of benzene rings is 1. The van der Waals surface area contributed by atoms with Gasteiger partial charge in [-0.25, -0.2) is 9.50 Å². The number of ketones is 1. The van der Waals surface area contributed by atoms with Crippen LogP contribution in [0.1, 0.15) is 29.0 Å². The molecule has 2 aromatic heterocycles. The smallest absolute Gasteiger partial charge is 0.253 e. The van der Waals surface area contributed by atoms with Gasteiger partial charge in [0, 0.05) is 42.6 Å². The van der Waals surface area contributed by atoms with E-state index in [4.69, 9.17) is 0 Å². The summed E-state index contributed by atoms with van der Waals surface area (Å²) < 4.78 is 1.79. The number of pyridine rings is 1. The molecule has 2 fully saturated rings. The highest BCUT2D eigenvalue weighted by Crippen LogP contribution is 2.31. The number of hydrogen-bond donors (Lipinski definition) is 0. The fourth-order valence-electron chi connectivity index (χ4n) is 4.28. The van der Waals surface area contributed by atoms with Gasteiger partial charge in [-0.05, 0) is 51.2 Å². The maximum absolute atomic E-state index is 12.7. The number of carbonyl (C=O) groups is 2. The van der Waals surface area contributed by atoms with Crippen molar-refractivity contribution < 1.29 is 9.59 Å². The molecule has 0 bridgehead atoms. The van der Waals surface area contributed by atoms with Gasteiger partial charge >= 0.3 is 0 Å². The zero-order valence-electron chi connectivity index (χ0n) is 18.0. The van der Waals surface area contributed by atoms with Gasteiger partial charge in [0.1, 0.15) is 5.78 Å². The SMILES string of the molecule is CN(C)CC1CN(C(=O)c2ccc(-c3cccc4nc(CC(=O)C5CC5)nn34)cc2)C1. The number of hydrogen-bond acceptors (Lipinski definition) is 5. The minimum atomic E-state index is 0.0846. The molecule has 7 heteroatoms. The summed E-state index contributed by atoms with van der Waals surface area (Å²) in [6.07, 6.45) is 2.29. The minimum Gasteiger partial charge on any atom is -0.338 e. The van der Waals surface area contributed by atoms with Gasteiger partial charge in [-0.15, -0.1) is 0 Å². The third-order valence-corrected chi connectivity index (χ3v) is 6.06. The predicted octanol–water partition coefficient (Wildman–Crippen LogP) is 2.55. The van der Waals surface area contributed by atoms with E-state index in [1.165, 1.54) is 0 Å². The van der Waals surface area contributed by atoms with Crippen LogP contribution in [0, 0.1) is 11.8 Å². The Morgan fingerprint density at radius 1 is 1.06 bits per heavy atom.